The topological polar surface area (TPSA) is 87.7 Å². The van der Waals surface area contributed by atoms with Gasteiger partial charge >= 0.3 is 0 Å². The number of halogens is 1. The van der Waals surface area contributed by atoms with E-state index in [1.54, 1.807) is 29.2 Å². The van der Waals surface area contributed by atoms with Crippen LogP contribution >= 0.6 is 0 Å². The van der Waals surface area contributed by atoms with E-state index in [9.17, 15) is 18.8 Å². The molecule has 3 aliphatic heterocycles. The first-order chi connectivity index (χ1) is 14.0. The predicted molar refractivity (Wildman–Crippen MR) is 99.7 cm³/mol. The van der Waals surface area contributed by atoms with E-state index in [-0.39, 0.29) is 36.1 Å². The minimum atomic E-state index is -1.12. The fourth-order valence-corrected chi connectivity index (χ4v) is 5.01. The number of carbonyl (C=O) groups is 3. The Balaban J connectivity index is 1.44. The summed E-state index contributed by atoms with van der Waals surface area (Å²) in [6.07, 6.45) is 4.77. The molecule has 2 N–H and O–H groups in total. The predicted octanol–water partition coefficient (Wildman–Crippen LogP) is 0.501. The summed E-state index contributed by atoms with van der Waals surface area (Å²) in [6.45, 7) is 0.217. The number of nitrogens with one attached hydrogen (secondary N) is 2. The molecule has 2 saturated heterocycles. The van der Waals surface area contributed by atoms with Crippen LogP contribution in [0, 0.1) is 17.7 Å². The van der Waals surface area contributed by atoms with Crippen molar-refractivity contribution in [1.29, 1.82) is 0 Å². The van der Waals surface area contributed by atoms with Gasteiger partial charge in [-0.1, -0.05) is 24.3 Å². The molecule has 0 unspecified atom stereocenters. The van der Waals surface area contributed by atoms with E-state index in [4.69, 9.17) is 4.74 Å². The van der Waals surface area contributed by atoms with Crippen molar-refractivity contribution < 1.29 is 23.5 Å². The number of hydrogen-bond acceptors (Lipinski definition) is 4. The third-order valence-corrected chi connectivity index (χ3v) is 6.43. The Kier molecular flexibility index (Phi) is 4.03. The van der Waals surface area contributed by atoms with Crippen LogP contribution in [0.2, 0.25) is 0 Å². The molecule has 29 heavy (non-hydrogen) atoms. The molecule has 3 heterocycles. The van der Waals surface area contributed by atoms with E-state index in [2.05, 4.69) is 10.6 Å². The first-order valence-electron chi connectivity index (χ1n) is 9.89. The summed E-state index contributed by atoms with van der Waals surface area (Å²) in [7, 11) is 1.54. The molecule has 4 aliphatic rings. The number of ether oxygens (including phenoxy) is 1. The van der Waals surface area contributed by atoms with Gasteiger partial charge in [0.25, 0.3) is 0 Å². The van der Waals surface area contributed by atoms with Gasteiger partial charge in [-0.25, -0.2) is 4.39 Å². The molecule has 1 aromatic rings. The van der Waals surface area contributed by atoms with Crippen molar-refractivity contribution >= 4 is 17.7 Å². The standard InChI is InChI=1S/C21H22FN3O4/c1-23-18(26)15-14-8-9-21(29-14)16(15)20(28)25(13-6-7-13)17(21)19(27)24-10-11-2-4-12(22)5-3-11/h2-5,8-9,13-17H,6-7,10H2,1H3,(H,23,26)(H,24,27)/t14-,15-,16-,17+,21-/m1/s1. The maximum atomic E-state index is 13.3. The van der Waals surface area contributed by atoms with Crippen LogP contribution in [0.25, 0.3) is 0 Å². The minimum absolute atomic E-state index is 0.00503. The van der Waals surface area contributed by atoms with Crippen LogP contribution < -0.4 is 10.6 Å². The molecule has 0 radical (unpaired) electrons. The van der Waals surface area contributed by atoms with Crippen LogP contribution in [-0.2, 0) is 25.7 Å². The number of likely N-dealkylation sites (tertiary alicyclic amines) is 1. The SMILES string of the molecule is CNC(=O)[C@@H]1[C@H]2C=C[C@]3(O2)[C@H](C(=O)NCc2ccc(F)cc2)N(C2CC2)C(=O)[C@@H]13. The molecule has 5 atom stereocenters. The summed E-state index contributed by atoms with van der Waals surface area (Å²) in [5.74, 6) is -2.42. The Morgan fingerprint density at radius 3 is 2.62 bits per heavy atom. The number of fused-ring (bicyclic) bond motifs is 1. The molecule has 1 saturated carbocycles. The van der Waals surface area contributed by atoms with E-state index in [0.717, 1.165) is 18.4 Å². The molecular weight excluding hydrogens is 377 g/mol. The lowest BCUT2D eigenvalue weighted by Gasteiger charge is -2.32. The zero-order chi connectivity index (χ0) is 20.3. The highest BCUT2D eigenvalue weighted by Gasteiger charge is 2.73. The largest absolute Gasteiger partial charge is 0.359 e. The average Bonchev–Trinajstić information content (AvgIpc) is 3.32. The first-order valence-corrected chi connectivity index (χ1v) is 9.89. The van der Waals surface area contributed by atoms with Crippen LogP contribution in [0.3, 0.4) is 0 Å². The van der Waals surface area contributed by atoms with Crippen LogP contribution in [0.4, 0.5) is 4.39 Å². The second-order valence-corrected chi connectivity index (χ2v) is 8.14. The van der Waals surface area contributed by atoms with Crippen molar-refractivity contribution in [2.45, 2.75) is 43.2 Å². The maximum absolute atomic E-state index is 13.3. The van der Waals surface area contributed by atoms with Gasteiger partial charge in [0.15, 0.2) is 0 Å². The second-order valence-electron chi connectivity index (χ2n) is 8.14. The Morgan fingerprint density at radius 2 is 1.97 bits per heavy atom. The molecule has 0 aromatic heterocycles. The molecule has 7 nitrogen and oxygen atoms in total. The maximum Gasteiger partial charge on any atom is 0.246 e. The Hall–Kier alpha value is -2.74. The highest BCUT2D eigenvalue weighted by Crippen LogP contribution is 2.56. The lowest BCUT2D eigenvalue weighted by Crippen LogP contribution is -2.55. The second kappa shape index (κ2) is 6.38. The molecule has 5 rings (SSSR count). The third-order valence-electron chi connectivity index (χ3n) is 6.43. The summed E-state index contributed by atoms with van der Waals surface area (Å²) in [4.78, 5) is 40.7. The molecule has 1 spiro atoms. The van der Waals surface area contributed by atoms with E-state index in [1.165, 1.54) is 19.2 Å². The van der Waals surface area contributed by atoms with E-state index < -0.39 is 29.6 Å². The van der Waals surface area contributed by atoms with Crippen LogP contribution in [0.1, 0.15) is 18.4 Å². The fraction of sp³-hybridized carbons (Fsp3) is 0.476. The van der Waals surface area contributed by atoms with E-state index in [1.807, 2.05) is 0 Å². The van der Waals surface area contributed by atoms with Crippen molar-refractivity contribution in [3.63, 3.8) is 0 Å². The summed E-state index contributed by atoms with van der Waals surface area (Å²) < 4.78 is 19.3. The Bertz CT molecular complexity index is 913. The molecule has 152 valence electrons. The Labute approximate surface area is 167 Å². The number of carbonyl (C=O) groups excluding carboxylic acids is 3. The Morgan fingerprint density at radius 1 is 1.24 bits per heavy atom. The lowest BCUT2D eigenvalue weighted by atomic mass is 9.74. The zero-order valence-electron chi connectivity index (χ0n) is 15.9. The van der Waals surface area contributed by atoms with Crippen LogP contribution in [0.15, 0.2) is 36.4 Å². The third kappa shape index (κ3) is 2.62. The normalized spacial score (nSPS) is 34.4. The average molecular weight is 399 g/mol. The number of nitrogens with zero attached hydrogens (tertiary/aromatic N) is 1. The van der Waals surface area contributed by atoms with Gasteiger partial charge in [-0.3, -0.25) is 14.4 Å². The molecule has 3 fully saturated rings. The fourth-order valence-electron chi connectivity index (χ4n) is 5.01. The van der Waals surface area contributed by atoms with Crippen molar-refractivity contribution in [3.05, 3.63) is 47.8 Å². The van der Waals surface area contributed by atoms with Crippen molar-refractivity contribution in [3.8, 4) is 0 Å². The summed E-state index contributed by atoms with van der Waals surface area (Å²) >= 11 is 0. The summed E-state index contributed by atoms with van der Waals surface area (Å²) in [6, 6.07) is 5.08. The molecule has 1 aliphatic carbocycles. The van der Waals surface area contributed by atoms with E-state index in [0.29, 0.717) is 0 Å². The van der Waals surface area contributed by atoms with Gasteiger partial charge in [0.05, 0.1) is 17.9 Å². The van der Waals surface area contributed by atoms with Crippen LogP contribution in [-0.4, -0.2) is 53.5 Å². The van der Waals surface area contributed by atoms with Crippen molar-refractivity contribution in [2.24, 2.45) is 11.8 Å². The van der Waals surface area contributed by atoms with Crippen molar-refractivity contribution in [1.82, 2.24) is 15.5 Å². The van der Waals surface area contributed by atoms with Crippen LogP contribution in [0.5, 0.6) is 0 Å². The van der Waals surface area contributed by atoms with Gasteiger partial charge in [-0.2, -0.15) is 0 Å². The molecule has 2 bridgehead atoms. The van der Waals surface area contributed by atoms with E-state index >= 15 is 0 Å². The molecular formula is C21H22FN3O4. The van der Waals surface area contributed by atoms with Gasteiger partial charge < -0.3 is 20.3 Å². The number of benzene rings is 1. The highest BCUT2D eigenvalue weighted by molar-refractivity contribution is 6.00. The summed E-state index contributed by atoms with van der Waals surface area (Å²) in [5, 5.41) is 5.49. The minimum Gasteiger partial charge on any atom is -0.359 e. The zero-order valence-corrected chi connectivity index (χ0v) is 15.9. The van der Waals surface area contributed by atoms with Gasteiger partial charge in [0, 0.05) is 19.6 Å². The molecule has 1 aromatic carbocycles. The number of rotatable bonds is 5. The van der Waals surface area contributed by atoms with Crippen molar-refractivity contribution in [2.75, 3.05) is 7.05 Å². The van der Waals surface area contributed by atoms with Gasteiger partial charge in [0.1, 0.15) is 17.5 Å². The quantitative estimate of drug-likeness (QED) is 0.706. The molecule has 8 heteroatoms. The smallest absolute Gasteiger partial charge is 0.246 e. The highest BCUT2D eigenvalue weighted by atomic mass is 19.1. The first kappa shape index (κ1) is 18.3. The lowest BCUT2D eigenvalue weighted by molar-refractivity contribution is -0.142. The number of amides is 3. The van der Waals surface area contributed by atoms with Gasteiger partial charge in [0.2, 0.25) is 17.7 Å². The monoisotopic (exact) mass is 399 g/mol. The van der Waals surface area contributed by atoms with Gasteiger partial charge in [-0.05, 0) is 30.5 Å². The van der Waals surface area contributed by atoms with Gasteiger partial charge in [-0.15, -0.1) is 0 Å². The number of hydrogen-bond donors (Lipinski definition) is 2. The summed E-state index contributed by atoms with van der Waals surface area (Å²) in [5.41, 5.74) is -0.361. The molecule has 3 amide bonds.